The molecule has 1 atom stereocenters. The highest BCUT2D eigenvalue weighted by atomic mass is 19.3. The van der Waals surface area contributed by atoms with Crippen molar-refractivity contribution in [2.24, 2.45) is 0 Å². The molecule has 2 aromatic rings. The summed E-state index contributed by atoms with van der Waals surface area (Å²) in [4.78, 5) is 6.93. The molecule has 5 nitrogen and oxygen atoms in total. The minimum Gasteiger partial charge on any atom is -0.357 e. The Labute approximate surface area is 115 Å². The van der Waals surface area contributed by atoms with E-state index in [9.17, 15) is 8.78 Å². The van der Waals surface area contributed by atoms with Crippen molar-refractivity contribution in [3.8, 4) is 11.4 Å². The second-order valence-corrected chi connectivity index (χ2v) is 4.85. The number of nitrogens with zero attached hydrogens (tertiary/aromatic N) is 3. The zero-order valence-corrected chi connectivity index (χ0v) is 11.1. The third-order valence-electron chi connectivity index (χ3n) is 3.55. The Morgan fingerprint density at radius 3 is 2.90 bits per heavy atom. The first-order valence-electron chi connectivity index (χ1n) is 6.67. The molecule has 1 saturated heterocycles. The Bertz CT molecular complexity index is 573. The van der Waals surface area contributed by atoms with E-state index in [1.54, 1.807) is 24.0 Å². The van der Waals surface area contributed by atoms with Crippen LogP contribution in [0.4, 0.5) is 8.78 Å². The third kappa shape index (κ3) is 2.22. The van der Waals surface area contributed by atoms with Crippen molar-refractivity contribution in [1.82, 2.24) is 19.7 Å². The van der Waals surface area contributed by atoms with Crippen molar-refractivity contribution in [3.05, 3.63) is 23.8 Å². The maximum atomic E-state index is 13.2. The first kappa shape index (κ1) is 13.2. The smallest absolute Gasteiger partial charge is 0.282 e. The first-order valence-corrected chi connectivity index (χ1v) is 6.67. The van der Waals surface area contributed by atoms with Crippen LogP contribution in [-0.2, 0) is 4.74 Å². The molecular weight excluding hydrogens is 266 g/mol. The zero-order valence-electron chi connectivity index (χ0n) is 11.1. The molecule has 20 heavy (non-hydrogen) atoms. The Morgan fingerprint density at radius 1 is 1.45 bits per heavy atom. The molecule has 1 unspecified atom stereocenters. The SMILES string of the molecule is Cc1c(-c2ncc[nH]2)c(C(F)F)nn1C1CCCCO1. The summed E-state index contributed by atoms with van der Waals surface area (Å²) in [6, 6.07) is 0. The van der Waals surface area contributed by atoms with Gasteiger partial charge in [-0.3, -0.25) is 0 Å². The van der Waals surface area contributed by atoms with Gasteiger partial charge in [0.25, 0.3) is 6.43 Å². The number of aromatic nitrogens is 4. The lowest BCUT2D eigenvalue weighted by atomic mass is 10.1. The van der Waals surface area contributed by atoms with Gasteiger partial charge in [0, 0.05) is 24.7 Å². The first-order chi connectivity index (χ1) is 9.68. The van der Waals surface area contributed by atoms with Crippen molar-refractivity contribution in [1.29, 1.82) is 0 Å². The normalized spacial score (nSPS) is 19.7. The maximum absolute atomic E-state index is 13.2. The average Bonchev–Trinajstić information content (AvgIpc) is 3.06. The van der Waals surface area contributed by atoms with Crippen molar-refractivity contribution < 1.29 is 13.5 Å². The maximum Gasteiger partial charge on any atom is 0.282 e. The van der Waals surface area contributed by atoms with Crippen LogP contribution in [0.15, 0.2) is 12.4 Å². The van der Waals surface area contributed by atoms with Crippen LogP contribution in [0.3, 0.4) is 0 Å². The van der Waals surface area contributed by atoms with Gasteiger partial charge in [-0.25, -0.2) is 18.4 Å². The van der Waals surface area contributed by atoms with E-state index in [-0.39, 0.29) is 11.9 Å². The molecule has 0 saturated carbocycles. The number of rotatable bonds is 3. The van der Waals surface area contributed by atoms with Crippen LogP contribution in [0.1, 0.15) is 43.3 Å². The molecule has 1 fully saturated rings. The molecule has 3 heterocycles. The fraction of sp³-hybridized carbons (Fsp3) is 0.538. The predicted octanol–water partition coefficient (Wildman–Crippen LogP) is 3.22. The largest absolute Gasteiger partial charge is 0.357 e. The lowest BCUT2D eigenvalue weighted by Gasteiger charge is -2.24. The second-order valence-electron chi connectivity index (χ2n) is 4.85. The van der Waals surface area contributed by atoms with E-state index in [2.05, 4.69) is 15.1 Å². The van der Waals surface area contributed by atoms with E-state index in [0.29, 0.717) is 23.7 Å². The van der Waals surface area contributed by atoms with Gasteiger partial charge < -0.3 is 9.72 Å². The quantitative estimate of drug-likeness (QED) is 0.940. The molecule has 1 N–H and O–H groups in total. The molecule has 2 aromatic heterocycles. The highest BCUT2D eigenvalue weighted by Gasteiger charge is 2.28. The third-order valence-corrected chi connectivity index (χ3v) is 3.55. The average molecular weight is 282 g/mol. The molecule has 0 bridgehead atoms. The van der Waals surface area contributed by atoms with Crippen molar-refractivity contribution in [3.63, 3.8) is 0 Å². The Balaban J connectivity index is 2.06. The lowest BCUT2D eigenvalue weighted by molar-refractivity contribution is -0.0413. The van der Waals surface area contributed by atoms with Crippen LogP contribution in [0.25, 0.3) is 11.4 Å². The summed E-state index contributed by atoms with van der Waals surface area (Å²) in [5.74, 6) is 0.417. The van der Waals surface area contributed by atoms with Gasteiger partial charge in [-0.15, -0.1) is 0 Å². The topological polar surface area (TPSA) is 55.7 Å². The van der Waals surface area contributed by atoms with E-state index >= 15 is 0 Å². The number of hydrogen-bond donors (Lipinski definition) is 1. The highest BCUT2D eigenvalue weighted by molar-refractivity contribution is 5.62. The van der Waals surface area contributed by atoms with Crippen LogP contribution in [0, 0.1) is 6.92 Å². The minimum absolute atomic E-state index is 0.244. The molecule has 0 amide bonds. The van der Waals surface area contributed by atoms with Gasteiger partial charge in [-0.05, 0) is 26.2 Å². The van der Waals surface area contributed by atoms with E-state index < -0.39 is 6.43 Å². The predicted molar refractivity (Wildman–Crippen MR) is 68.3 cm³/mol. The zero-order chi connectivity index (χ0) is 14.1. The van der Waals surface area contributed by atoms with Gasteiger partial charge >= 0.3 is 0 Å². The number of halogens is 2. The van der Waals surface area contributed by atoms with Gasteiger partial charge in [0.1, 0.15) is 17.7 Å². The van der Waals surface area contributed by atoms with Crippen molar-refractivity contribution in [2.45, 2.75) is 38.8 Å². The molecule has 108 valence electrons. The molecule has 3 rings (SSSR count). The Kier molecular flexibility index (Phi) is 3.52. The Hall–Kier alpha value is -1.76. The second kappa shape index (κ2) is 5.32. The number of alkyl halides is 2. The van der Waals surface area contributed by atoms with Crippen LogP contribution >= 0.6 is 0 Å². The van der Waals surface area contributed by atoms with Gasteiger partial charge in [0.2, 0.25) is 0 Å². The van der Waals surface area contributed by atoms with E-state index in [1.165, 1.54) is 0 Å². The summed E-state index contributed by atoms with van der Waals surface area (Å²) in [6.45, 7) is 2.42. The van der Waals surface area contributed by atoms with Gasteiger partial charge in [0.05, 0.1) is 5.56 Å². The van der Waals surface area contributed by atoms with E-state index in [0.717, 1.165) is 19.3 Å². The molecule has 1 aliphatic rings. The summed E-state index contributed by atoms with van der Waals surface area (Å²) < 4.78 is 33.6. The van der Waals surface area contributed by atoms with Gasteiger partial charge in [-0.2, -0.15) is 5.10 Å². The molecular formula is C13H16F2N4O. The van der Waals surface area contributed by atoms with Crippen LogP contribution in [0.2, 0.25) is 0 Å². The highest BCUT2D eigenvalue weighted by Crippen LogP contribution is 2.34. The molecule has 0 aliphatic carbocycles. The number of imidazole rings is 1. The minimum atomic E-state index is -2.64. The fourth-order valence-electron chi connectivity index (χ4n) is 2.59. The lowest BCUT2D eigenvalue weighted by Crippen LogP contribution is -2.20. The van der Waals surface area contributed by atoms with Crippen molar-refractivity contribution >= 4 is 0 Å². The fourth-order valence-corrected chi connectivity index (χ4v) is 2.59. The monoisotopic (exact) mass is 282 g/mol. The number of ether oxygens (including phenoxy) is 1. The molecule has 0 aromatic carbocycles. The summed E-state index contributed by atoms with van der Waals surface area (Å²) >= 11 is 0. The number of hydrogen-bond acceptors (Lipinski definition) is 3. The van der Waals surface area contributed by atoms with Gasteiger partial charge in [0.15, 0.2) is 0 Å². The molecule has 0 spiro atoms. The summed E-state index contributed by atoms with van der Waals surface area (Å²) in [5.41, 5.74) is 0.785. The van der Waals surface area contributed by atoms with Gasteiger partial charge in [-0.1, -0.05) is 0 Å². The molecule has 0 radical (unpaired) electrons. The standard InChI is InChI=1S/C13H16F2N4O/c1-8-10(13-16-5-6-17-13)11(12(14)15)18-19(8)9-4-2-3-7-20-9/h5-6,9,12H,2-4,7H2,1H3,(H,16,17). The number of aromatic amines is 1. The number of H-pyrrole nitrogens is 1. The van der Waals surface area contributed by atoms with E-state index in [1.807, 2.05) is 0 Å². The summed E-state index contributed by atoms with van der Waals surface area (Å²) in [5, 5.41) is 4.07. The molecule has 7 heteroatoms. The molecule has 1 aliphatic heterocycles. The van der Waals surface area contributed by atoms with E-state index in [4.69, 9.17) is 4.74 Å². The van der Waals surface area contributed by atoms with Crippen LogP contribution in [-0.4, -0.2) is 26.4 Å². The van der Waals surface area contributed by atoms with Crippen molar-refractivity contribution in [2.75, 3.05) is 6.61 Å². The summed E-state index contributed by atoms with van der Waals surface area (Å²) in [7, 11) is 0. The number of nitrogens with one attached hydrogen (secondary N) is 1. The Morgan fingerprint density at radius 2 is 2.30 bits per heavy atom. The van der Waals surface area contributed by atoms with Crippen LogP contribution < -0.4 is 0 Å². The summed E-state index contributed by atoms with van der Waals surface area (Å²) in [6.07, 6.45) is 3.07. The van der Waals surface area contributed by atoms with Crippen LogP contribution in [0.5, 0.6) is 0 Å².